The fourth-order valence-corrected chi connectivity index (χ4v) is 4.35. The SMILES string of the molecule is CN1C(=O)[C@@H](NC(=O)c2nc3n(n2)CC[C@@H]3c2ccccc2F)CCc2ncccc21. The minimum atomic E-state index is -0.701. The first kappa shape index (κ1) is 19.3. The highest BCUT2D eigenvalue weighted by molar-refractivity contribution is 6.01. The van der Waals surface area contributed by atoms with Gasteiger partial charge in [0.25, 0.3) is 5.91 Å². The number of rotatable bonds is 3. The number of aryl methyl sites for hydroxylation is 2. The summed E-state index contributed by atoms with van der Waals surface area (Å²) in [4.78, 5) is 36.0. The van der Waals surface area contributed by atoms with Gasteiger partial charge in [0, 0.05) is 25.7 Å². The largest absolute Gasteiger partial charge is 0.337 e. The maximum atomic E-state index is 14.3. The van der Waals surface area contributed by atoms with E-state index in [2.05, 4.69) is 20.4 Å². The van der Waals surface area contributed by atoms with Gasteiger partial charge in [-0.05, 0) is 43.0 Å². The van der Waals surface area contributed by atoms with Gasteiger partial charge >= 0.3 is 0 Å². The molecule has 0 aliphatic carbocycles. The van der Waals surface area contributed by atoms with Crippen molar-refractivity contribution < 1.29 is 14.0 Å². The highest BCUT2D eigenvalue weighted by atomic mass is 19.1. The molecule has 1 aromatic carbocycles. The van der Waals surface area contributed by atoms with Crippen LogP contribution in [0, 0.1) is 5.82 Å². The molecule has 3 aromatic rings. The zero-order valence-electron chi connectivity index (χ0n) is 17.0. The zero-order chi connectivity index (χ0) is 21.5. The summed E-state index contributed by atoms with van der Waals surface area (Å²) in [5.74, 6) is -0.713. The fraction of sp³-hybridized carbons (Fsp3) is 0.318. The quantitative estimate of drug-likeness (QED) is 0.700. The molecule has 0 bridgehead atoms. The van der Waals surface area contributed by atoms with Gasteiger partial charge in [-0.1, -0.05) is 18.2 Å². The Labute approximate surface area is 178 Å². The van der Waals surface area contributed by atoms with Crippen molar-refractivity contribution in [3.8, 4) is 0 Å². The summed E-state index contributed by atoms with van der Waals surface area (Å²) in [6, 6.07) is 9.50. The molecule has 2 aliphatic rings. The number of hydrogen-bond donors (Lipinski definition) is 1. The van der Waals surface area contributed by atoms with Gasteiger partial charge in [-0.2, -0.15) is 0 Å². The van der Waals surface area contributed by atoms with Crippen molar-refractivity contribution in [3.05, 3.63) is 71.3 Å². The van der Waals surface area contributed by atoms with Gasteiger partial charge in [0.05, 0.1) is 11.4 Å². The van der Waals surface area contributed by atoms with E-state index in [9.17, 15) is 14.0 Å². The highest BCUT2D eigenvalue weighted by Gasteiger charge is 2.34. The van der Waals surface area contributed by atoms with Gasteiger partial charge in [-0.15, -0.1) is 5.10 Å². The molecule has 0 spiro atoms. The van der Waals surface area contributed by atoms with Gasteiger partial charge < -0.3 is 10.2 Å². The normalized spacial score (nSPS) is 20.2. The van der Waals surface area contributed by atoms with Gasteiger partial charge in [0.1, 0.15) is 17.7 Å². The van der Waals surface area contributed by atoms with Gasteiger partial charge in [-0.25, -0.2) is 14.1 Å². The van der Waals surface area contributed by atoms with Crippen LogP contribution in [-0.4, -0.2) is 44.7 Å². The summed E-state index contributed by atoms with van der Waals surface area (Å²) in [5, 5.41) is 7.08. The summed E-state index contributed by atoms with van der Waals surface area (Å²) in [7, 11) is 1.68. The average Bonchev–Trinajstić information content (AvgIpc) is 3.34. The summed E-state index contributed by atoms with van der Waals surface area (Å²) in [6.07, 6.45) is 3.37. The summed E-state index contributed by atoms with van der Waals surface area (Å²) >= 11 is 0. The fourth-order valence-electron chi connectivity index (χ4n) is 4.35. The lowest BCUT2D eigenvalue weighted by Gasteiger charge is -2.21. The Morgan fingerprint density at radius 1 is 1.19 bits per heavy atom. The predicted molar refractivity (Wildman–Crippen MR) is 110 cm³/mol. The van der Waals surface area contributed by atoms with E-state index in [1.807, 2.05) is 6.07 Å². The molecular formula is C22H21FN6O2. The minimum Gasteiger partial charge on any atom is -0.337 e. The van der Waals surface area contributed by atoms with Crippen molar-refractivity contribution >= 4 is 17.5 Å². The first-order valence-corrected chi connectivity index (χ1v) is 10.2. The summed E-state index contributed by atoms with van der Waals surface area (Å²) < 4.78 is 15.9. The smallest absolute Gasteiger partial charge is 0.291 e. The molecule has 158 valence electrons. The maximum absolute atomic E-state index is 14.3. The Morgan fingerprint density at radius 3 is 2.87 bits per heavy atom. The van der Waals surface area contributed by atoms with Crippen molar-refractivity contribution in [2.45, 2.75) is 37.8 Å². The monoisotopic (exact) mass is 420 g/mol. The number of likely N-dealkylation sites (N-methyl/N-ethyl adjacent to an activating group) is 1. The first-order chi connectivity index (χ1) is 15.0. The molecule has 0 saturated carbocycles. The van der Waals surface area contributed by atoms with E-state index in [4.69, 9.17) is 0 Å². The summed E-state index contributed by atoms with van der Waals surface area (Å²) in [6.45, 7) is 0.556. The Balaban J connectivity index is 1.35. The molecule has 8 nitrogen and oxygen atoms in total. The number of carbonyl (C=O) groups is 2. The molecule has 1 N–H and O–H groups in total. The number of carbonyl (C=O) groups excluding carboxylic acids is 2. The molecule has 2 amide bonds. The van der Waals surface area contributed by atoms with Crippen LogP contribution in [0.25, 0.3) is 0 Å². The highest BCUT2D eigenvalue weighted by Crippen LogP contribution is 2.34. The topological polar surface area (TPSA) is 93.0 Å². The molecule has 9 heteroatoms. The van der Waals surface area contributed by atoms with E-state index in [1.165, 1.54) is 11.0 Å². The van der Waals surface area contributed by atoms with E-state index in [0.29, 0.717) is 37.2 Å². The molecule has 2 atom stereocenters. The first-order valence-electron chi connectivity index (χ1n) is 10.2. The Kier molecular flexibility index (Phi) is 4.72. The third kappa shape index (κ3) is 3.35. The van der Waals surface area contributed by atoms with Crippen molar-refractivity contribution in [2.75, 3.05) is 11.9 Å². The number of halogens is 1. The van der Waals surface area contributed by atoms with Crippen molar-refractivity contribution in [2.24, 2.45) is 0 Å². The number of hydrogen-bond acceptors (Lipinski definition) is 5. The van der Waals surface area contributed by atoms with Crippen molar-refractivity contribution in [3.63, 3.8) is 0 Å². The molecular weight excluding hydrogens is 399 g/mol. The molecule has 5 rings (SSSR count). The molecule has 0 fully saturated rings. The Morgan fingerprint density at radius 2 is 2.03 bits per heavy atom. The van der Waals surface area contributed by atoms with Crippen LogP contribution in [0.15, 0.2) is 42.6 Å². The molecule has 0 saturated heterocycles. The van der Waals surface area contributed by atoms with Crippen LogP contribution in [0.2, 0.25) is 0 Å². The van der Waals surface area contributed by atoms with Crippen LogP contribution in [0.4, 0.5) is 10.1 Å². The third-order valence-electron chi connectivity index (χ3n) is 5.96. The maximum Gasteiger partial charge on any atom is 0.291 e. The van der Waals surface area contributed by atoms with E-state index < -0.39 is 11.9 Å². The molecule has 2 aromatic heterocycles. The second-order valence-electron chi connectivity index (χ2n) is 7.81. The second-order valence-corrected chi connectivity index (χ2v) is 7.81. The number of amides is 2. The van der Waals surface area contributed by atoms with E-state index >= 15 is 0 Å². The number of pyridine rings is 1. The van der Waals surface area contributed by atoms with Crippen molar-refractivity contribution in [1.29, 1.82) is 0 Å². The van der Waals surface area contributed by atoms with Crippen LogP contribution in [-0.2, 0) is 17.8 Å². The van der Waals surface area contributed by atoms with Crippen LogP contribution in [0.1, 0.15) is 46.5 Å². The lowest BCUT2D eigenvalue weighted by atomic mass is 9.97. The third-order valence-corrected chi connectivity index (χ3v) is 5.96. The minimum absolute atomic E-state index is 0.00798. The van der Waals surface area contributed by atoms with Gasteiger partial charge in [-0.3, -0.25) is 14.6 Å². The van der Waals surface area contributed by atoms with E-state index in [1.54, 1.807) is 42.2 Å². The number of anilines is 1. The van der Waals surface area contributed by atoms with E-state index in [0.717, 1.165) is 11.4 Å². The molecule has 0 unspecified atom stereocenters. The van der Waals surface area contributed by atoms with Gasteiger partial charge in [0.2, 0.25) is 11.7 Å². The van der Waals surface area contributed by atoms with Crippen LogP contribution in [0.3, 0.4) is 0 Å². The standard InChI is InChI=1S/C22H21FN6O2/c1-28-18-7-4-11-24-16(18)8-9-17(22(28)31)25-21(30)19-26-20-14(10-12-29(20)27-19)13-5-2-3-6-15(13)23/h2-7,11,14,17H,8-10,12H2,1H3,(H,25,30)/t14-,17+/m1/s1. The molecule has 0 radical (unpaired) electrons. The zero-order valence-corrected chi connectivity index (χ0v) is 17.0. The lowest BCUT2D eigenvalue weighted by Crippen LogP contribution is -2.47. The van der Waals surface area contributed by atoms with Crippen LogP contribution < -0.4 is 10.2 Å². The number of aromatic nitrogens is 4. The molecule has 4 heterocycles. The summed E-state index contributed by atoms with van der Waals surface area (Å²) in [5.41, 5.74) is 2.12. The molecule has 2 aliphatic heterocycles. The van der Waals surface area contributed by atoms with Crippen LogP contribution >= 0.6 is 0 Å². The predicted octanol–water partition coefficient (Wildman–Crippen LogP) is 2.06. The Hall–Kier alpha value is -3.62. The number of nitrogens with one attached hydrogen (secondary N) is 1. The number of nitrogens with zero attached hydrogens (tertiary/aromatic N) is 5. The second kappa shape index (κ2) is 7.57. The number of fused-ring (bicyclic) bond motifs is 2. The average molecular weight is 420 g/mol. The van der Waals surface area contributed by atoms with Crippen molar-refractivity contribution in [1.82, 2.24) is 25.1 Å². The van der Waals surface area contributed by atoms with E-state index in [-0.39, 0.29) is 23.5 Å². The molecule has 31 heavy (non-hydrogen) atoms. The van der Waals surface area contributed by atoms with Crippen LogP contribution in [0.5, 0.6) is 0 Å². The lowest BCUT2D eigenvalue weighted by molar-refractivity contribution is -0.120. The Bertz CT molecular complexity index is 1180. The number of benzene rings is 1. The van der Waals surface area contributed by atoms with Gasteiger partial charge in [0.15, 0.2) is 0 Å².